The summed E-state index contributed by atoms with van der Waals surface area (Å²) in [5.41, 5.74) is 1.40. The molecule has 7 heteroatoms. The number of fused-ring (bicyclic) bond motifs is 4. The third kappa shape index (κ3) is 3.36. The van der Waals surface area contributed by atoms with Crippen molar-refractivity contribution in [3.8, 4) is 5.75 Å². The molecule has 1 fully saturated rings. The highest BCUT2D eigenvalue weighted by Gasteiger charge is 2.58. The van der Waals surface area contributed by atoms with E-state index in [2.05, 4.69) is 15.9 Å². The monoisotopic (exact) mass is 559 g/mol. The van der Waals surface area contributed by atoms with E-state index in [1.807, 2.05) is 57.2 Å². The molecule has 4 atom stereocenters. The van der Waals surface area contributed by atoms with Gasteiger partial charge in [-0.1, -0.05) is 48.0 Å². The molecule has 3 aliphatic carbocycles. The summed E-state index contributed by atoms with van der Waals surface area (Å²) >= 11 is 3.24. The number of hydrogen-bond donors (Lipinski definition) is 1. The van der Waals surface area contributed by atoms with E-state index < -0.39 is 29.2 Å². The van der Waals surface area contributed by atoms with E-state index in [9.17, 15) is 24.3 Å². The highest BCUT2D eigenvalue weighted by molar-refractivity contribution is 9.12. The number of Topliss-reactive ketones (excluding diaryl/α,β-unsaturated/α-hetero) is 1. The molecule has 4 unspecified atom stereocenters. The SMILES string of the molecule is CC(C)(C)N1C(=O)C2CC=C3C(c4ccc5ccccc5c4O)C4=C(CC3C2C1=O)C(=O)C(Br)=CC4=O. The minimum atomic E-state index is -0.681. The van der Waals surface area contributed by atoms with Crippen LogP contribution < -0.4 is 0 Å². The molecule has 4 aliphatic rings. The van der Waals surface area contributed by atoms with E-state index in [-0.39, 0.29) is 40.0 Å². The topological polar surface area (TPSA) is 91.8 Å². The van der Waals surface area contributed by atoms with Crippen LogP contribution in [0.15, 0.2) is 69.8 Å². The zero-order valence-corrected chi connectivity index (χ0v) is 22.3. The Hall–Kier alpha value is -3.32. The highest BCUT2D eigenvalue weighted by atomic mass is 79.9. The lowest BCUT2D eigenvalue weighted by molar-refractivity contribution is -0.145. The van der Waals surface area contributed by atoms with Crippen LogP contribution in [-0.2, 0) is 19.2 Å². The molecule has 0 bridgehead atoms. The fraction of sp³-hybridized carbons (Fsp3) is 0.333. The molecule has 1 N–H and O–H groups in total. The predicted octanol–water partition coefficient (Wildman–Crippen LogP) is 5.11. The van der Waals surface area contributed by atoms with E-state index in [4.69, 9.17) is 0 Å². The zero-order chi connectivity index (χ0) is 26.4. The zero-order valence-electron chi connectivity index (χ0n) is 20.7. The first kappa shape index (κ1) is 24.0. The molecule has 0 aromatic heterocycles. The summed E-state index contributed by atoms with van der Waals surface area (Å²) in [4.78, 5) is 55.2. The van der Waals surface area contributed by atoms with Crippen LogP contribution in [0.4, 0.5) is 0 Å². The second-order valence-electron chi connectivity index (χ2n) is 11.3. The number of imide groups is 1. The van der Waals surface area contributed by atoms with E-state index in [1.165, 1.54) is 11.0 Å². The Labute approximate surface area is 222 Å². The first-order chi connectivity index (χ1) is 17.5. The van der Waals surface area contributed by atoms with Crippen molar-refractivity contribution in [1.82, 2.24) is 4.90 Å². The van der Waals surface area contributed by atoms with Crippen LogP contribution in [0.1, 0.15) is 45.1 Å². The lowest BCUT2D eigenvalue weighted by atomic mass is 9.59. The average Bonchev–Trinajstić information content (AvgIpc) is 3.12. The Bertz CT molecular complexity index is 1540. The standard InChI is InChI=1S/C30H26BrNO5/c1-30(2,3)32-28(36)18-11-10-16-19(24(18)29(32)37)12-20-25(22(33)13-21(31)27(20)35)23(16)17-9-8-14-6-4-5-7-15(14)26(17)34/h4-10,13,18-19,23-24,34H,11-12H2,1-3H3. The van der Waals surface area contributed by atoms with Gasteiger partial charge in [0.2, 0.25) is 11.8 Å². The molecule has 0 spiro atoms. The van der Waals surface area contributed by atoms with Gasteiger partial charge >= 0.3 is 0 Å². The molecule has 37 heavy (non-hydrogen) atoms. The van der Waals surface area contributed by atoms with Gasteiger partial charge < -0.3 is 5.11 Å². The van der Waals surface area contributed by atoms with Crippen molar-refractivity contribution in [2.75, 3.05) is 0 Å². The number of amides is 2. The number of rotatable bonds is 1. The number of aromatic hydroxyl groups is 1. The molecule has 1 aliphatic heterocycles. The Kier molecular flexibility index (Phi) is 5.26. The molecule has 0 radical (unpaired) electrons. The van der Waals surface area contributed by atoms with Crippen molar-refractivity contribution >= 4 is 50.1 Å². The number of allylic oxidation sites excluding steroid dienone is 6. The summed E-state index contributed by atoms with van der Waals surface area (Å²) in [5, 5.41) is 12.9. The summed E-state index contributed by atoms with van der Waals surface area (Å²) in [5.74, 6) is -3.15. The van der Waals surface area contributed by atoms with Gasteiger partial charge in [-0.15, -0.1) is 0 Å². The van der Waals surface area contributed by atoms with Crippen LogP contribution in [0.5, 0.6) is 5.75 Å². The summed E-state index contributed by atoms with van der Waals surface area (Å²) < 4.78 is 0.183. The molecule has 6 rings (SSSR count). The van der Waals surface area contributed by atoms with Gasteiger partial charge in [-0.3, -0.25) is 24.1 Å². The van der Waals surface area contributed by atoms with Gasteiger partial charge in [-0.25, -0.2) is 0 Å². The van der Waals surface area contributed by atoms with Gasteiger partial charge in [-0.05, 0) is 60.8 Å². The second kappa shape index (κ2) is 8.09. The Morgan fingerprint density at radius 2 is 1.70 bits per heavy atom. The number of phenols is 1. The second-order valence-corrected chi connectivity index (χ2v) is 12.2. The number of carbonyl (C=O) groups excluding carboxylic acids is 4. The predicted molar refractivity (Wildman–Crippen MR) is 142 cm³/mol. The van der Waals surface area contributed by atoms with E-state index in [0.717, 1.165) is 11.0 Å². The van der Waals surface area contributed by atoms with E-state index in [0.29, 0.717) is 28.5 Å². The quantitative estimate of drug-likeness (QED) is 0.298. The summed E-state index contributed by atoms with van der Waals surface area (Å²) in [6.07, 6.45) is 3.85. The summed E-state index contributed by atoms with van der Waals surface area (Å²) in [7, 11) is 0. The molecule has 1 heterocycles. The largest absolute Gasteiger partial charge is 0.507 e. The molecule has 188 valence electrons. The van der Waals surface area contributed by atoms with Crippen molar-refractivity contribution < 1.29 is 24.3 Å². The number of phenolic OH excluding ortho intramolecular Hbond substituents is 1. The number of likely N-dealkylation sites (tertiary alicyclic amines) is 1. The number of benzene rings is 2. The van der Waals surface area contributed by atoms with Crippen LogP contribution in [0.2, 0.25) is 0 Å². The Morgan fingerprint density at radius 1 is 0.973 bits per heavy atom. The maximum Gasteiger partial charge on any atom is 0.234 e. The minimum absolute atomic E-state index is 0.0534. The van der Waals surface area contributed by atoms with Crippen LogP contribution in [0, 0.1) is 17.8 Å². The Morgan fingerprint density at radius 3 is 2.43 bits per heavy atom. The smallest absolute Gasteiger partial charge is 0.234 e. The first-order valence-electron chi connectivity index (χ1n) is 12.5. The fourth-order valence-corrected chi connectivity index (χ4v) is 7.18. The molecular formula is C30H26BrNO5. The summed E-state index contributed by atoms with van der Waals surface area (Å²) in [6, 6.07) is 11.1. The van der Waals surface area contributed by atoms with Gasteiger partial charge in [0.1, 0.15) is 5.75 Å². The maximum atomic E-state index is 13.7. The van der Waals surface area contributed by atoms with Crippen LogP contribution in [-0.4, -0.2) is 38.9 Å². The van der Waals surface area contributed by atoms with E-state index in [1.54, 1.807) is 6.07 Å². The number of nitrogens with zero attached hydrogens (tertiary/aromatic N) is 1. The molecular weight excluding hydrogens is 534 g/mol. The number of halogens is 1. The third-order valence-corrected chi connectivity index (χ3v) is 8.83. The van der Waals surface area contributed by atoms with Gasteiger partial charge in [0.15, 0.2) is 11.6 Å². The van der Waals surface area contributed by atoms with Gasteiger partial charge in [0, 0.05) is 39.6 Å². The van der Waals surface area contributed by atoms with Crippen molar-refractivity contribution in [3.63, 3.8) is 0 Å². The van der Waals surface area contributed by atoms with Crippen LogP contribution >= 0.6 is 15.9 Å². The van der Waals surface area contributed by atoms with Gasteiger partial charge in [-0.2, -0.15) is 0 Å². The lowest BCUT2D eigenvalue weighted by Gasteiger charge is -2.42. The first-order valence-corrected chi connectivity index (χ1v) is 13.3. The van der Waals surface area contributed by atoms with Crippen LogP contribution in [0.25, 0.3) is 10.8 Å². The third-order valence-electron chi connectivity index (χ3n) is 8.24. The molecule has 2 aromatic carbocycles. The molecule has 2 aromatic rings. The lowest BCUT2D eigenvalue weighted by Crippen LogP contribution is -2.46. The molecule has 2 amide bonds. The average molecular weight is 560 g/mol. The van der Waals surface area contributed by atoms with Crippen LogP contribution in [0.3, 0.4) is 0 Å². The highest BCUT2D eigenvalue weighted by Crippen LogP contribution is 2.57. The Balaban J connectivity index is 1.57. The summed E-state index contributed by atoms with van der Waals surface area (Å²) in [6.45, 7) is 5.53. The maximum absolute atomic E-state index is 13.7. The van der Waals surface area contributed by atoms with Crippen molar-refractivity contribution in [2.45, 2.75) is 45.1 Å². The van der Waals surface area contributed by atoms with E-state index >= 15 is 0 Å². The fourth-order valence-electron chi connectivity index (χ4n) is 6.73. The van der Waals surface area contributed by atoms with Crippen molar-refractivity contribution in [3.05, 3.63) is 75.3 Å². The van der Waals surface area contributed by atoms with Crippen molar-refractivity contribution in [2.24, 2.45) is 17.8 Å². The van der Waals surface area contributed by atoms with Gasteiger partial charge in [0.25, 0.3) is 0 Å². The molecule has 0 saturated carbocycles. The number of ketones is 2. The molecule has 6 nitrogen and oxygen atoms in total. The molecule has 1 saturated heterocycles. The number of hydrogen-bond acceptors (Lipinski definition) is 5. The normalized spacial score (nSPS) is 27.7. The van der Waals surface area contributed by atoms with Crippen molar-refractivity contribution in [1.29, 1.82) is 0 Å². The number of carbonyl (C=O) groups is 4. The van der Waals surface area contributed by atoms with Gasteiger partial charge in [0.05, 0.1) is 16.3 Å². The minimum Gasteiger partial charge on any atom is -0.507 e.